The number of nitrogens with zero attached hydrogens (tertiary/aromatic N) is 2. The summed E-state index contributed by atoms with van der Waals surface area (Å²) in [5.74, 6) is 1.93. The van der Waals surface area contributed by atoms with Gasteiger partial charge in [0.05, 0.1) is 18.3 Å². The summed E-state index contributed by atoms with van der Waals surface area (Å²) in [4.78, 5) is 6.70. The molecule has 1 unspecified atom stereocenters. The largest absolute Gasteiger partial charge is 0.465 e. The molecule has 2 aromatic heterocycles. The Labute approximate surface area is 111 Å². The van der Waals surface area contributed by atoms with Gasteiger partial charge in [-0.15, -0.1) is 11.3 Å². The predicted molar refractivity (Wildman–Crippen MR) is 73.3 cm³/mol. The smallest absolute Gasteiger partial charge is 0.118 e. The van der Waals surface area contributed by atoms with Crippen LogP contribution >= 0.6 is 11.3 Å². The molecule has 1 atom stereocenters. The predicted octanol–water partition coefficient (Wildman–Crippen LogP) is 2.70. The molecule has 0 saturated carbocycles. The van der Waals surface area contributed by atoms with Crippen LogP contribution in [0.2, 0.25) is 0 Å². The average Bonchev–Trinajstić information content (AvgIpc) is 2.88. The molecular formula is C13H19N3OS. The molecule has 98 valence electrons. The molecule has 0 bridgehead atoms. The van der Waals surface area contributed by atoms with Gasteiger partial charge in [-0.1, -0.05) is 0 Å². The van der Waals surface area contributed by atoms with Gasteiger partial charge < -0.3 is 10.2 Å². The minimum Gasteiger partial charge on any atom is -0.465 e. The minimum absolute atomic E-state index is 0.0155. The molecule has 5 heteroatoms. The summed E-state index contributed by atoms with van der Waals surface area (Å²) < 4.78 is 5.56. The van der Waals surface area contributed by atoms with E-state index in [0.717, 1.165) is 35.3 Å². The summed E-state index contributed by atoms with van der Waals surface area (Å²) in [6.45, 7) is 5.51. The van der Waals surface area contributed by atoms with Crippen molar-refractivity contribution in [2.45, 2.75) is 33.0 Å². The van der Waals surface area contributed by atoms with Crippen LogP contribution in [0.5, 0.6) is 0 Å². The van der Waals surface area contributed by atoms with Gasteiger partial charge in [0.2, 0.25) is 0 Å². The molecule has 0 aliphatic carbocycles. The molecule has 0 aliphatic rings. The molecule has 0 aromatic carbocycles. The van der Waals surface area contributed by atoms with E-state index in [1.165, 1.54) is 0 Å². The number of aromatic nitrogens is 1. The third-order valence-corrected chi connectivity index (χ3v) is 3.71. The van der Waals surface area contributed by atoms with Crippen molar-refractivity contribution in [3.05, 3.63) is 39.7 Å². The summed E-state index contributed by atoms with van der Waals surface area (Å²) >= 11 is 1.62. The number of furan rings is 1. The summed E-state index contributed by atoms with van der Waals surface area (Å²) in [5, 5.41) is 3.06. The fourth-order valence-electron chi connectivity index (χ4n) is 1.77. The monoisotopic (exact) mass is 265 g/mol. The average molecular weight is 265 g/mol. The van der Waals surface area contributed by atoms with E-state index in [9.17, 15) is 0 Å². The van der Waals surface area contributed by atoms with E-state index in [2.05, 4.69) is 22.3 Å². The summed E-state index contributed by atoms with van der Waals surface area (Å²) in [7, 11) is 2.06. The molecule has 2 N–H and O–H groups in total. The molecule has 0 fully saturated rings. The van der Waals surface area contributed by atoms with Crippen LogP contribution in [-0.2, 0) is 13.1 Å². The van der Waals surface area contributed by atoms with Crippen molar-refractivity contribution in [1.82, 2.24) is 9.88 Å². The highest BCUT2D eigenvalue weighted by molar-refractivity contribution is 7.09. The maximum absolute atomic E-state index is 5.80. The van der Waals surface area contributed by atoms with E-state index < -0.39 is 0 Å². The Morgan fingerprint density at radius 3 is 2.78 bits per heavy atom. The van der Waals surface area contributed by atoms with Gasteiger partial charge in [-0.3, -0.25) is 4.90 Å². The lowest BCUT2D eigenvalue weighted by Crippen LogP contribution is -2.17. The molecule has 0 radical (unpaired) electrons. The van der Waals surface area contributed by atoms with Gasteiger partial charge in [0.1, 0.15) is 16.5 Å². The number of hydrogen-bond acceptors (Lipinski definition) is 5. The second-order valence-electron chi connectivity index (χ2n) is 4.65. The lowest BCUT2D eigenvalue weighted by molar-refractivity contribution is 0.282. The van der Waals surface area contributed by atoms with E-state index in [1.807, 2.05) is 26.0 Å². The van der Waals surface area contributed by atoms with E-state index in [1.54, 1.807) is 11.3 Å². The van der Waals surface area contributed by atoms with E-state index in [4.69, 9.17) is 10.2 Å². The first kappa shape index (κ1) is 13.3. The minimum atomic E-state index is 0.0155. The number of nitrogens with two attached hydrogens (primary N) is 1. The van der Waals surface area contributed by atoms with Crippen molar-refractivity contribution in [3.8, 4) is 0 Å². The summed E-state index contributed by atoms with van der Waals surface area (Å²) in [6, 6.07) is 4.02. The maximum Gasteiger partial charge on any atom is 0.118 e. The Morgan fingerprint density at radius 1 is 1.44 bits per heavy atom. The zero-order valence-corrected chi connectivity index (χ0v) is 11.8. The first-order chi connectivity index (χ1) is 8.54. The Kier molecular flexibility index (Phi) is 4.16. The lowest BCUT2D eigenvalue weighted by atomic mass is 10.3. The fourth-order valence-corrected chi connectivity index (χ4v) is 2.54. The number of thiazole rings is 1. The number of aryl methyl sites for hydroxylation is 1. The van der Waals surface area contributed by atoms with Crippen LogP contribution in [0.3, 0.4) is 0 Å². The number of hydrogen-bond donors (Lipinski definition) is 1. The Bertz CT molecular complexity index is 504. The summed E-state index contributed by atoms with van der Waals surface area (Å²) in [6.07, 6.45) is 0. The first-order valence-corrected chi connectivity index (χ1v) is 6.86. The number of rotatable bonds is 5. The molecule has 0 amide bonds. The fraction of sp³-hybridized carbons (Fsp3) is 0.462. The van der Waals surface area contributed by atoms with Crippen LogP contribution < -0.4 is 5.73 Å². The zero-order valence-electron chi connectivity index (χ0n) is 11.0. The molecule has 0 aliphatic heterocycles. The highest BCUT2D eigenvalue weighted by Gasteiger charge is 2.09. The highest BCUT2D eigenvalue weighted by Crippen LogP contribution is 2.17. The maximum atomic E-state index is 5.80. The first-order valence-electron chi connectivity index (χ1n) is 5.98. The lowest BCUT2D eigenvalue weighted by Gasteiger charge is -2.13. The summed E-state index contributed by atoms with van der Waals surface area (Å²) in [5.41, 5.74) is 6.87. The molecular weight excluding hydrogens is 246 g/mol. The second-order valence-corrected chi connectivity index (χ2v) is 5.54. The Hall–Kier alpha value is -1.17. The van der Waals surface area contributed by atoms with Crippen LogP contribution in [0.4, 0.5) is 0 Å². The zero-order chi connectivity index (χ0) is 13.1. The second kappa shape index (κ2) is 5.65. The third kappa shape index (κ3) is 3.41. The normalized spacial score (nSPS) is 13.2. The van der Waals surface area contributed by atoms with Gasteiger partial charge in [-0.25, -0.2) is 4.98 Å². The molecule has 2 rings (SSSR count). The van der Waals surface area contributed by atoms with Crippen molar-refractivity contribution < 1.29 is 4.42 Å². The quantitative estimate of drug-likeness (QED) is 0.903. The van der Waals surface area contributed by atoms with Crippen LogP contribution in [0, 0.1) is 6.92 Å². The van der Waals surface area contributed by atoms with Crippen molar-refractivity contribution in [3.63, 3.8) is 0 Å². The van der Waals surface area contributed by atoms with Gasteiger partial charge in [0.25, 0.3) is 0 Å². The standard InChI is InChI=1S/C13H19N3OS/c1-9-4-5-12(17-9)7-16(3)6-11-8-18-13(15-11)10(2)14/h4-5,8,10H,6-7,14H2,1-3H3. The SMILES string of the molecule is Cc1ccc(CN(C)Cc2csc(C(C)N)n2)o1. The topological polar surface area (TPSA) is 55.3 Å². The van der Waals surface area contributed by atoms with Crippen LogP contribution in [0.1, 0.15) is 35.2 Å². The molecule has 0 saturated heterocycles. The van der Waals surface area contributed by atoms with Crippen molar-refractivity contribution in [1.29, 1.82) is 0 Å². The van der Waals surface area contributed by atoms with Gasteiger partial charge in [0.15, 0.2) is 0 Å². The van der Waals surface area contributed by atoms with Crippen LogP contribution in [0.25, 0.3) is 0 Å². The molecule has 2 heterocycles. The highest BCUT2D eigenvalue weighted by atomic mass is 32.1. The molecule has 4 nitrogen and oxygen atoms in total. The third-order valence-electron chi connectivity index (χ3n) is 2.61. The van der Waals surface area contributed by atoms with E-state index in [0.29, 0.717) is 0 Å². The molecule has 18 heavy (non-hydrogen) atoms. The van der Waals surface area contributed by atoms with Crippen molar-refractivity contribution in [2.75, 3.05) is 7.05 Å². The Morgan fingerprint density at radius 2 is 2.22 bits per heavy atom. The Balaban J connectivity index is 1.92. The van der Waals surface area contributed by atoms with Gasteiger partial charge in [0, 0.05) is 11.9 Å². The van der Waals surface area contributed by atoms with Gasteiger partial charge >= 0.3 is 0 Å². The van der Waals surface area contributed by atoms with Crippen LogP contribution in [0.15, 0.2) is 21.9 Å². The van der Waals surface area contributed by atoms with Crippen LogP contribution in [-0.4, -0.2) is 16.9 Å². The molecule has 2 aromatic rings. The van der Waals surface area contributed by atoms with E-state index in [-0.39, 0.29) is 6.04 Å². The van der Waals surface area contributed by atoms with Gasteiger partial charge in [-0.2, -0.15) is 0 Å². The van der Waals surface area contributed by atoms with E-state index >= 15 is 0 Å². The van der Waals surface area contributed by atoms with Crippen molar-refractivity contribution in [2.24, 2.45) is 5.73 Å². The molecule has 0 spiro atoms. The van der Waals surface area contributed by atoms with Crippen molar-refractivity contribution >= 4 is 11.3 Å². The van der Waals surface area contributed by atoms with Gasteiger partial charge in [-0.05, 0) is 33.0 Å².